The maximum absolute atomic E-state index is 11.4. The number of nitrogens with zero attached hydrogens (tertiary/aromatic N) is 1. The van der Waals surface area contributed by atoms with E-state index in [1.807, 2.05) is 47.8 Å². The van der Waals surface area contributed by atoms with E-state index in [0.29, 0.717) is 0 Å². The minimum Gasteiger partial charge on any atom is -0.316 e. The molecule has 0 saturated heterocycles. The Kier molecular flexibility index (Phi) is 5.12. The molecule has 0 radical (unpaired) electrons. The second kappa shape index (κ2) is 6.85. The van der Waals surface area contributed by atoms with Crippen LogP contribution in [0.2, 0.25) is 0 Å². The number of rotatable bonds is 3. The van der Waals surface area contributed by atoms with Crippen LogP contribution in [0.1, 0.15) is 6.92 Å². The van der Waals surface area contributed by atoms with Gasteiger partial charge in [0.15, 0.2) is 0 Å². The van der Waals surface area contributed by atoms with Gasteiger partial charge in [0.25, 0.3) is 0 Å². The van der Waals surface area contributed by atoms with Crippen molar-refractivity contribution in [2.75, 3.05) is 5.32 Å². The van der Waals surface area contributed by atoms with E-state index in [1.54, 1.807) is 11.3 Å². The van der Waals surface area contributed by atoms with Gasteiger partial charge in [0.1, 0.15) is 15.7 Å². The third-order valence-corrected chi connectivity index (χ3v) is 4.59. The number of nitrogens with one attached hydrogen (secondary N) is 1. The molecule has 1 aromatic carbocycles. The molecule has 0 aliphatic carbocycles. The number of benzene rings is 1. The quantitative estimate of drug-likeness (QED) is 0.737. The van der Waals surface area contributed by atoms with Crippen molar-refractivity contribution < 1.29 is 4.79 Å². The van der Waals surface area contributed by atoms with E-state index < -0.39 is 0 Å². The van der Waals surface area contributed by atoms with Crippen molar-refractivity contribution in [1.29, 1.82) is 0 Å². The largest absolute Gasteiger partial charge is 0.316 e. The maximum atomic E-state index is 11.4. The van der Waals surface area contributed by atoms with Gasteiger partial charge in [-0.25, -0.2) is 4.98 Å². The molecule has 6 heteroatoms. The van der Waals surface area contributed by atoms with Gasteiger partial charge in [0.05, 0.1) is 4.88 Å². The number of hydrogen-bond donors (Lipinski definition) is 1. The predicted octanol–water partition coefficient (Wildman–Crippen LogP) is 4.92. The van der Waals surface area contributed by atoms with E-state index in [1.165, 1.54) is 18.3 Å². The summed E-state index contributed by atoms with van der Waals surface area (Å²) in [5.41, 5.74) is 1.91. The highest BCUT2D eigenvalue weighted by atomic mass is 35.5. The maximum Gasteiger partial charge on any atom is 0.221 e. The highest BCUT2D eigenvalue weighted by Crippen LogP contribution is 2.39. The number of anilines is 1. The Morgan fingerprint density at radius 2 is 1.90 bits per heavy atom. The molecule has 1 N–H and O–H groups in total. The third-order valence-electron chi connectivity index (χ3n) is 2.69. The normalized spacial score (nSPS) is 9.95. The molecule has 3 rings (SSSR count). The molecule has 2 aromatic heterocycles. The summed E-state index contributed by atoms with van der Waals surface area (Å²) >= 11 is 3.12. The van der Waals surface area contributed by atoms with Crippen molar-refractivity contribution in [3.63, 3.8) is 0 Å². The number of aromatic nitrogens is 1. The second-order valence-corrected chi connectivity index (χ2v) is 6.17. The Hall–Kier alpha value is -1.69. The van der Waals surface area contributed by atoms with E-state index >= 15 is 0 Å². The van der Waals surface area contributed by atoms with Gasteiger partial charge < -0.3 is 5.32 Å². The summed E-state index contributed by atoms with van der Waals surface area (Å²) in [5, 5.41) is 6.60. The lowest BCUT2D eigenvalue weighted by Crippen LogP contribution is -2.04. The Labute approximate surface area is 137 Å². The number of thiazole rings is 1. The number of carbonyl (C=O) groups excluding carboxylic acids is 1. The van der Waals surface area contributed by atoms with Gasteiger partial charge in [-0.1, -0.05) is 47.7 Å². The minimum atomic E-state index is -0.0777. The molecule has 1 amide bonds. The van der Waals surface area contributed by atoms with Crippen LogP contribution in [-0.2, 0) is 4.79 Å². The van der Waals surface area contributed by atoms with Gasteiger partial charge in [0, 0.05) is 12.5 Å². The van der Waals surface area contributed by atoms with Crippen LogP contribution in [0.4, 0.5) is 5.00 Å². The third kappa shape index (κ3) is 3.50. The van der Waals surface area contributed by atoms with E-state index in [-0.39, 0.29) is 18.3 Å². The fourth-order valence-corrected chi connectivity index (χ4v) is 3.67. The summed E-state index contributed by atoms with van der Waals surface area (Å²) < 4.78 is 0. The molecule has 0 aliphatic rings. The number of carbonyl (C=O) groups is 1. The van der Waals surface area contributed by atoms with Crippen molar-refractivity contribution >= 4 is 46.0 Å². The monoisotopic (exact) mass is 336 g/mol. The van der Waals surface area contributed by atoms with Gasteiger partial charge in [-0.2, -0.15) is 0 Å². The smallest absolute Gasteiger partial charge is 0.221 e. The lowest BCUT2D eigenvalue weighted by molar-refractivity contribution is -0.114. The van der Waals surface area contributed by atoms with Crippen LogP contribution >= 0.6 is 35.1 Å². The van der Waals surface area contributed by atoms with Gasteiger partial charge in [-0.15, -0.1) is 23.7 Å². The first-order valence-electron chi connectivity index (χ1n) is 6.12. The Morgan fingerprint density at radius 3 is 2.52 bits per heavy atom. The fraction of sp³-hybridized carbons (Fsp3) is 0.0667. The zero-order chi connectivity index (χ0) is 13.9. The lowest BCUT2D eigenvalue weighted by Gasteiger charge is -1.99. The number of hydrogen-bond acceptors (Lipinski definition) is 4. The van der Waals surface area contributed by atoms with Crippen LogP contribution in [0.3, 0.4) is 0 Å². The molecular formula is C15H13ClN2OS2. The SMILES string of the molecule is CC(=O)Nc1sc(-c2ccccc2)nc1-c1cccs1.Cl. The van der Waals surface area contributed by atoms with Gasteiger partial charge in [-0.05, 0) is 11.4 Å². The van der Waals surface area contributed by atoms with Crippen LogP contribution in [0.5, 0.6) is 0 Å². The average Bonchev–Trinajstić information content (AvgIpc) is 3.08. The van der Waals surface area contributed by atoms with Gasteiger partial charge >= 0.3 is 0 Å². The first-order valence-corrected chi connectivity index (χ1v) is 7.81. The zero-order valence-electron chi connectivity index (χ0n) is 11.2. The molecule has 0 spiro atoms. The van der Waals surface area contributed by atoms with Gasteiger partial charge in [-0.3, -0.25) is 4.79 Å². The van der Waals surface area contributed by atoms with Gasteiger partial charge in [0.2, 0.25) is 5.91 Å². The molecule has 0 aliphatic heterocycles. The fourth-order valence-electron chi connectivity index (χ4n) is 1.85. The molecule has 2 heterocycles. The van der Waals surface area contributed by atoms with Crippen LogP contribution in [0.15, 0.2) is 47.8 Å². The topological polar surface area (TPSA) is 42.0 Å². The van der Waals surface area contributed by atoms with Crippen molar-refractivity contribution in [2.45, 2.75) is 6.92 Å². The van der Waals surface area contributed by atoms with Crippen LogP contribution in [-0.4, -0.2) is 10.9 Å². The van der Waals surface area contributed by atoms with E-state index in [0.717, 1.165) is 26.1 Å². The molecule has 0 bridgehead atoms. The van der Waals surface area contributed by atoms with Crippen LogP contribution in [0.25, 0.3) is 21.1 Å². The Bertz CT molecular complexity index is 723. The zero-order valence-corrected chi connectivity index (χ0v) is 13.6. The van der Waals surface area contributed by atoms with E-state index in [4.69, 9.17) is 4.98 Å². The molecule has 0 saturated carbocycles. The summed E-state index contributed by atoms with van der Waals surface area (Å²) in [6, 6.07) is 14.0. The van der Waals surface area contributed by atoms with Crippen molar-refractivity contribution in [3.8, 4) is 21.1 Å². The molecular weight excluding hydrogens is 324 g/mol. The minimum absolute atomic E-state index is 0. The summed E-state index contributed by atoms with van der Waals surface area (Å²) in [5.74, 6) is -0.0777. The average molecular weight is 337 g/mol. The first-order chi connectivity index (χ1) is 9.74. The van der Waals surface area contributed by atoms with E-state index in [2.05, 4.69) is 5.32 Å². The summed E-state index contributed by atoms with van der Waals surface area (Å²) in [6.07, 6.45) is 0. The van der Waals surface area contributed by atoms with Crippen LogP contribution < -0.4 is 5.32 Å². The number of halogens is 1. The Morgan fingerprint density at radius 1 is 1.14 bits per heavy atom. The number of thiophene rings is 1. The molecule has 21 heavy (non-hydrogen) atoms. The predicted molar refractivity (Wildman–Crippen MR) is 92.4 cm³/mol. The van der Waals surface area contributed by atoms with E-state index in [9.17, 15) is 4.79 Å². The molecule has 108 valence electrons. The molecule has 0 atom stereocenters. The van der Waals surface area contributed by atoms with Crippen molar-refractivity contribution in [3.05, 3.63) is 47.8 Å². The summed E-state index contributed by atoms with van der Waals surface area (Å²) in [7, 11) is 0. The number of amides is 1. The van der Waals surface area contributed by atoms with Crippen molar-refractivity contribution in [1.82, 2.24) is 4.98 Å². The highest BCUT2D eigenvalue weighted by Gasteiger charge is 2.15. The summed E-state index contributed by atoms with van der Waals surface area (Å²) in [6.45, 7) is 1.51. The molecule has 3 aromatic rings. The van der Waals surface area contributed by atoms with Crippen LogP contribution in [0, 0.1) is 0 Å². The molecule has 3 nitrogen and oxygen atoms in total. The summed E-state index contributed by atoms with van der Waals surface area (Å²) in [4.78, 5) is 17.1. The standard InChI is InChI=1S/C15H12N2OS2.ClH/c1-10(18)16-15-13(12-8-5-9-19-12)17-14(20-15)11-6-3-2-4-7-11;/h2-9H,1H3,(H,16,18);1H. The molecule has 0 unspecified atom stereocenters. The highest BCUT2D eigenvalue weighted by molar-refractivity contribution is 7.20. The molecule has 0 fully saturated rings. The Balaban J connectivity index is 0.00000161. The lowest BCUT2D eigenvalue weighted by atomic mass is 10.2. The van der Waals surface area contributed by atoms with Crippen molar-refractivity contribution in [2.24, 2.45) is 0 Å². The second-order valence-electron chi connectivity index (χ2n) is 4.22. The first kappa shape index (κ1) is 15.7.